The first-order valence-corrected chi connectivity index (χ1v) is 14.1. The van der Waals surface area contributed by atoms with Gasteiger partial charge >= 0.3 is 123 Å². The fourth-order valence-corrected chi connectivity index (χ4v) is 8.70. The average Bonchev–Trinajstić information content (AvgIpc) is 2.71. The maximum absolute atomic E-state index is 2.64. The SMILES string of the molecule is CCC1C2=C(CCCC2)C2=C1[CH]([Ti]([CH3])([CH3])[CH3])CCC2. The minimum absolute atomic E-state index is 0.875. The number of hydrogen-bond acceptors (Lipinski definition) is 0. The van der Waals surface area contributed by atoms with Gasteiger partial charge in [0.05, 0.1) is 0 Å². The molecule has 0 aromatic rings. The molecule has 106 valence electrons. The summed E-state index contributed by atoms with van der Waals surface area (Å²) < 4.78 is 1.03. The molecule has 0 saturated heterocycles. The van der Waals surface area contributed by atoms with Gasteiger partial charge in [-0.2, -0.15) is 0 Å². The normalized spacial score (nSPS) is 31.6. The van der Waals surface area contributed by atoms with Crippen LogP contribution in [0.15, 0.2) is 22.3 Å². The third-order valence-corrected chi connectivity index (χ3v) is 9.97. The first-order chi connectivity index (χ1) is 9.04. The Kier molecular flexibility index (Phi) is 3.86. The molecule has 0 nitrogen and oxygen atoms in total. The summed E-state index contributed by atoms with van der Waals surface area (Å²) in [4.78, 5) is 0. The Morgan fingerprint density at radius 3 is 2.32 bits per heavy atom. The van der Waals surface area contributed by atoms with E-state index in [9.17, 15) is 0 Å². The molecule has 3 rings (SSSR count). The van der Waals surface area contributed by atoms with Crippen molar-refractivity contribution in [1.82, 2.24) is 0 Å². The zero-order valence-corrected chi connectivity index (χ0v) is 14.9. The van der Waals surface area contributed by atoms with Crippen LogP contribution >= 0.6 is 0 Å². The summed E-state index contributed by atoms with van der Waals surface area (Å²) >= 11 is -1.57. The van der Waals surface area contributed by atoms with E-state index in [0.29, 0.717) is 0 Å². The van der Waals surface area contributed by atoms with Crippen molar-refractivity contribution in [2.45, 2.75) is 78.2 Å². The zero-order chi connectivity index (χ0) is 13.6. The van der Waals surface area contributed by atoms with Gasteiger partial charge in [0.1, 0.15) is 0 Å². The van der Waals surface area contributed by atoms with Crippen LogP contribution in [0.3, 0.4) is 0 Å². The van der Waals surface area contributed by atoms with Gasteiger partial charge in [-0.25, -0.2) is 0 Å². The molecule has 19 heavy (non-hydrogen) atoms. The summed E-state index contributed by atoms with van der Waals surface area (Å²) in [7, 11) is 0. The van der Waals surface area contributed by atoms with Crippen LogP contribution in [0.2, 0.25) is 19.9 Å². The Morgan fingerprint density at radius 1 is 0.947 bits per heavy atom. The van der Waals surface area contributed by atoms with Crippen LogP contribution in [-0.4, -0.2) is 0 Å². The number of hydrogen-bond donors (Lipinski definition) is 0. The van der Waals surface area contributed by atoms with Gasteiger partial charge < -0.3 is 0 Å². The molecule has 3 aliphatic carbocycles. The molecule has 0 saturated carbocycles. The molecular weight excluding hydrogens is 264 g/mol. The summed E-state index contributed by atoms with van der Waals surface area (Å²) in [6, 6.07) is 0. The predicted molar refractivity (Wildman–Crippen MR) is 81.5 cm³/mol. The van der Waals surface area contributed by atoms with Crippen LogP contribution in [-0.2, 0) is 16.6 Å². The summed E-state index contributed by atoms with van der Waals surface area (Å²) in [5, 5.41) is 7.93. The molecule has 0 radical (unpaired) electrons. The second kappa shape index (κ2) is 5.19. The molecule has 0 heterocycles. The van der Waals surface area contributed by atoms with Crippen molar-refractivity contribution in [1.29, 1.82) is 0 Å². The number of rotatable bonds is 2. The Labute approximate surface area is 123 Å². The third kappa shape index (κ3) is 2.34. The van der Waals surface area contributed by atoms with Crippen molar-refractivity contribution in [2.75, 3.05) is 0 Å². The maximum atomic E-state index is 2.64. The molecule has 0 aliphatic heterocycles. The molecule has 0 N–H and O–H groups in total. The Hall–Kier alpha value is 0.194. The van der Waals surface area contributed by atoms with Crippen LogP contribution in [0.4, 0.5) is 0 Å². The quantitative estimate of drug-likeness (QED) is 0.512. The van der Waals surface area contributed by atoms with Crippen molar-refractivity contribution < 1.29 is 16.6 Å². The van der Waals surface area contributed by atoms with Gasteiger partial charge in [-0.1, -0.05) is 0 Å². The van der Waals surface area contributed by atoms with E-state index in [4.69, 9.17) is 0 Å². The van der Waals surface area contributed by atoms with E-state index in [1.165, 1.54) is 51.4 Å². The molecule has 0 amide bonds. The molecule has 2 unspecified atom stereocenters. The van der Waals surface area contributed by atoms with Crippen LogP contribution in [0.1, 0.15) is 58.3 Å². The summed E-state index contributed by atoms with van der Waals surface area (Å²) in [5.74, 6) is 0.875. The van der Waals surface area contributed by atoms with E-state index in [1.54, 1.807) is 0 Å². The van der Waals surface area contributed by atoms with E-state index >= 15 is 0 Å². The van der Waals surface area contributed by atoms with Gasteiger partial charge in [0.2, 0.25) is 0 Å². The van der Waals surface area contributed by atoms with Crippen LogP contribution in [0, 0.1) is 5.92 Å². The molecular formula is C18H30Ti. The average molecular weight is 294 g/mol. The fourth-order valence-electron chi connectivity index (χ4n) is 4.98. The molecule has 0 fully saturated rings. The molecule has 0 aromatic carbocycles. The fraction of sp³-hybridized carbons (Fsp3) is 0.778. The van der Waals surface area contributed by atoms with Crippen molar-refractivity contribution in [3.05, 3.63) is 22.3 Å². The third-order valence-electron chi connectivity index (χ3n) is 5.77. The Bertz CT molecular complexity index is 433. The van der Waals surface area contributed by atoms with Gasteiger partial charge in [0, 0.05) is 0 Å². The minimum atomic E-state index is -1.57. The van der Waals surface area contributed by atoms with Gasteiger partial charge in [-0.15, -0.1) is 0 Å². The van der Waals surface area contributed by atoms with E-state index in [2.05, 4.69) is 22.6 Å². The van der Waals surface area contributed by atoms with Gasteiger partial charge in [-0.05, 0) is 0 Å². The van der Waals surface area contributed by atoms with Gasteiger partial charge in [0.25, 0.3) is 0 Å². The number of allylic oxidation sites excluding steroid dienone is 4. The standard InChI is InChI=1S/C15H21.3CH3.Ti/c1-2-11-12-7-3-5-9-14(12)15-10-6-4-8-13(11)15;;;;/h7,11H,2-6,8-10H2,1H3;3*1H3;. The van der Waals surface area contributed by atoms with Crippen molar-refractivity contribution in [3.63, 3.8) is 0 Å². The Morgan fingerprint density at radius 2 is 1.63 bits per heavy atom. The molecule has 0 bridgehead atoms. The van der Waals surface area contributed by atoms with Gasteiger partial charge in [0.15, 0.2) is 0 Å². The van der Waals surface area contributed by atoms with Crippen molar-refractivity contribution in [2.24, 2.45) is 5.92 Å². The first-order valence-electron chi connectivity index (χ1n) is 8.49. The molecule has 1 heteroatoms. The predicted octanol–water partition coefficient (Wildman–Crippen LogP) is 6.46. The summed E-state index contributed by atoms with van der Waals surface area (Å²) in [6.07, 6.45) is 11.5. The zero-order valence-electron chi connectivity index (χ0n) is 13.3. The Balaban J connectivity index is 2.04. The molecule has 3 aliphatic rings. The van der Waals surface area contributed by atoms with E-state index in [1.807, 2.05) is 22.3 Å². The molecule has 2 atom stereocenters. The summed E-state index contributed by atoms with van der Waals surface area (Å²) in [5.41, 5.74) is 7.63. The molecule has 0 spiro atoms. The van der Waals surface area contributed by atoms with Crippen LogP contribution in [0.5, 0.6) is 0 Å². The second-order valence-electron chi connectivity index (χ2n) is 7.92. The van der Waals surface area contributed by atoms with Crippen molar-refractivity contribution in [3.8, 4) is 0 Å². The van der Waals surface area contributed by atoms with E-state index in [0.717, 1.165) is 10.1 Å². The van der Waals surface area contributed by atoms with Crippen molar-refractivity contribution >= 4 is 0 Å². The van der Waals surface area contributed by atoms with Crippen LogP contribution in [0.25, 0.3) is 0 Å². The van der Waals surface area contributed by atoms with E-state index in [-0.39, 0.29) is 0 Å². The van der Waals surface area contributed by atoms with E-state index < -0.39 is 16.6 Å². The van der Waals surface area contributed by atoms with Gasteiger partial charge in [-0.3, -0.25) is 0 Å². The number of fused-ring (bicyclic) bond motifs is 1. The monoisotopic (exact) mass is 294 g/mol. The summed E-state index contributed by atoms with van der Waals surface area (Å²) in [6.45, 7) is 2.43. The molecule has 0 aromatic heterocycles. The second-order valence-corrected chi connectivity index (χ2v) is 16.4. The first kappa shape index (κ1) is 14.1. The van der Waals surface area contributed by atoms with Crippen LogP contribution < -0.4 is 0 Å². The topological polar surface area (TPSA) is 0 Å².